The number of nitrogens with zero attached hydrogens (tertiary/aromatic N) is 1. The Bertz CT molecular complexity index is 371. The highest BCUT2D eigenvalue weighted by Gasteiger charge is 2.43. The Kier molecular flexibility index (Phi) is 2.20. The zero-order chi connectivity index (χ0) is 10.3. The summed E-state index contributed by atoms with van der Waals surface area (Å²) in [5.74, 6) is 1.05. The molecule has 2 aliphatic rings. The SMILES string of the molecule is SCC1(CN2CCc3ccccc32)CC1. The molecular weight excluding hydrogens is 202 g/mol. The van der Waals surface area contributed by atoms with Crippen LogP contribution in [0, 0.1) is 5.41 Å². The van der Waals surface area contributed by atoms with Crippen LogP contribution in [-0.2, 0) is 6.42 Å². The number of hydrogen-bond donors (Lipinski definition) is 1. The zero-order valence-corrected chi connectivity index (χ0v) is 9.84. The molecule has 15 heavy (non-hydrogen) atoms. The van der Waals surface area contributed by atoms with Gasteiger partial charge < -0.3 is 4.90 Å². The molecule has 0 N–H and O–H groups in total. The van der Waals surface area contributed by atoms with Crippen molar-refractivity contribution in [2.75, 3.05) is 23.7 Å². The molecule has 1 fully saturated rings. The highest BCUT2D eigenvalue weighted by Crippen LogP contribution is 2.48. The molecule has 80 valence electrons. The van der Waals surface area contributed by atoms with E-state index in [0.717, 1.165) is 5.75 Å². The van der Waals surface area contributed by atoms with Gasteiger partial charge in [0.25, 0.3) is 0 Å². The van der Waals surface area contributed by atoms with E-state index in [1.54, 1.807) is 0 Å². The molecule has 1 aromatic rings. The quantitative estimate of drug-likeness (QED) is 0.765. The minimum absolute atomic E-state index is 0.542. The van der Waals surface area contributed by atoms with Gasteiger partial charge in [-0.3, -0.25) is 0 Å². The Hall–Kier alpha value is -0.630. The zero-order valence-electron chi connectivity index (χ0n) is 8.95. The third-order valence-corrected chi connectivity index (χ3v) is 4.47. The third-order valence-electron chi connectivity index (χ3n) is 3.80. The van der Waals surface area contributed by atoms with E-state index >= 15 is 0 Å². The number of anilines is 1. The van der Waals surface area contributed by atoms with Gasteiger partial charge in [0.1, 0.15) is 0 Å². The van der Waals surface area contributed by atoms with Crippen molar-refractivity contribution in [3.8, 4) is 0 Å². The maximum absolute atomic E-state index is 4.48. The van der Waals surface area contributed by atoms with Gasteiger partial charge in [0.2, 0.25) is 0 Å². The summed E-state index contributed by atoms with van der Waals surface area (Å²) in [5.41, 5.74) is 3.53. The first-order valence-corrected chi connectivity index (χ1v) is 6.40. The van der Waals surface area contributed by atoms with E-state index in [-0.39, 0.29) is 0 Å². The second kappa shape index (κ2) is 3.44. The molecule has 0 aromatic heterocycles. The van der Waals surface area contributed by atoms with Gasteiger partial charge in [-0.15, -0.1) is 0 Å². The Balaban J connectivity index is 1.79. The van der Waals surface area contributed by atoms with E-state index in [1.807, 2.05) is 0 Å². The fourth-order valence-corrected chi connectivity index (χ4v) is 2.93. The van der Waals surface area contributed by atoms with Gasteiger partial charge in [-0.2, -0.15) is 12.6 Å². The maximum atomic E-state index is 4.48. The van der Waals surface area contributed by atoms with Crippen molar-refractivity contribution in [3.05, 3.63) is 29.8 Å². The van der Waals surface area contributed by atoms with Gasteiger partial charge in [-0.1, -0.05) is 18.2 Å². The second-order valence-corrected chi connectivity index (χ2v) is 5.27. The van der Waals surface area contributed by atoms with Crippen LogP contribution >= 0.6 is 12.6 Å². The molecule has 0 unspecified atom stereocenters. The Labute approximate surface area is 96.9 Å². The van der Waals surface area contributed by atoms with E-state index in [2.05, 4.69) is 41.8 Å². The first-order chi connectivity index (χ1) is 7.33. The van der Waals surface area contributed by atoms with Gasteiger partial charge in [-0.05, 0) is 42.1 Å². The number of para-hydroxylation sites is 1. The summed E-state index contributed by atoms with van der Waals surface area (Å²) in [4.78, 5) is 2.55. The fraction of sp³-hybridized carbons (Fsp3) is 0.538. The van der Waals surface area contributed by atoms with Crippen molar-refractivity contribution >= 4 is 18.3 Å². The molecule has 0 spiro atoms. The van der Waals surface area contributed by atoms with E-state index in [0.29, 0.717) is 5.41 Å². The molecular formula is C13H17NS. The van der Waals surface area contributed by atoms with Gasteiger partial charge in [0.15, 0.2) is 0 Å². The molecule has 1 aliphatic carbocycles. The van der Waals surface area contributed by atoms with E-state index in [1.165, 1.54) is 43.6 Å². The predicted molar refractivity (Wildman–Crippen MR) is 67.9 cm³/mol. The molecule has 1 saturated carbocycles. The lowest BCUT2D eigenvalue weighted by Gasteiger charge is -2.24. The van der Waals surface area contributed by atoms with Crippen molar-refractivity contribution < 1.29 is 0 Å². The monoisotopic (exact) mass is 219 g/mol. The van der Waals surface area contributed by atoms with Crippen LogP contribution in [-0.4, -0.2) is 18.8 Å². The van der Waals surface area contributed by atoms with Crippen molar-refractivity contribution in [3.63, 3.8) is 0 Å². The average Bonchev–Trinajstić information content (AvgIpc) is 2.95. The molecule has 0 amide bonds. The van der Waals surface area contributed by atoms with Crippen molar-refractivity contribution in [1.29, 1.82) is 0 Å². The summed E-state index contributed by atoms with van der Waals surface area (Å²) >= 11 is 4.48. The highest BCUT2D eigenvalue weighted by atomic mass is 32.1. The Morgan fingerprint density at radius 1 is 1.27 bits per heavy atom. The lowest BCUT2D eigenvalue weighted by Crippen LogP contribution is -2.29. The normalized spacial score (nSPS) is 21.5. The van der Waals surface area contributed by atoms with Crippen LogP contribution in [0.25, 0.3) is 0 Å². The number of fused-ring (bicyclic) bond motifs is 1. The first kappa shape index (κ1) is 9.59. The van der Waals surface area contributed by atoms with Crippen LogP contribution in [0.5, 0.6) is 0 Å². The van der Waals surface area contributed by atoms with Crippen LogP contribution in [0.15, 0.2) is 24.3 Å². The number of benzene rings is 1. The molecule has 3 rings (SSSR count). The molecule has 1 nitrogen and oxygen atoms in total. The minimum Gasteiger partial charge on any atom is -0.370 e. The molecule has 0 radical (unpaired) electrons. The average molecular weight is 219 g/mol. The third kappa shape index (κ3) is 1.65. The topological polar surface area (TPSA) is 3.24 Å². The Morgan fingerprint density at radius 3 is 2.80 bits per heavy atom. The minimum atomic E-state index is 0.542. The van der Waals surface area contributed by atoms with Crippen LogP contribution in [0.3, 0.4) is 0 Å². The summed E-state index contributed by atoms with van der Waals surface area (Å²) in [5, 5.41) is 0. The number of hydrogen-bond acceptors (Lipinski definition) is 2. The largest absolute Gasteiger partial charge is 0.370 e. The molecule has 1 heterocycles. The standard InChI is InChI=1S/C13H17NS/c15-10-13(6-7-13)9-14-8-5-11-3-1-2-4-12(11)14/h1-4,15H,5-10H2. The molecule has 1 aliphatic heterocycles. The van der Waals surface area contributed by atoms with E-state index < -0.39 is 0 Å². The smallest absolute Gasteiger partial charge is 0.0399 e. The highest BCUT2D eigenvalue weighted by molar-refractivity contribution is 7.80. The van der Waals surface area contributed by atoms with Crippen LogP contribution in [0.1, 0.15) is 18.4 Å². The van der Waals surface area contributed by atoms with Gasteiger partial charge >= 0.3 is 0 Å². The maximum Gasteiger partial charge on any atom is 0.0399 e. The van der Waals surface area contributed by atoms with Gasteiger partial charge in [-0.25, -0.2) is 0 Å². The first-order valence-electron chi connectivity index (χ1n) is 5.77. The lowest BCUT2D eigenvalue weighted by atomic mass is 10.1. The van der Waals surface area contributed by atoms with E-state index in [4.69, 9.17) is 0 Å². The van der Waals surface area contributed by atoms with E-state index in [9.17, 15) is 0 Å². The van der Waals surface area contributed by atoms with Crippen molar-refractivity contribution in [2.45, 2.75) is 19.3 Å². The van der Waals surface area contributed by atoms with Gasteiger partial charge in [0.05, 0.1) is 0 Å². The van der Waals surface area contributed by atoms with Crippen molar-refractivity contribution in [1.82, 2.24) is 0 Å². The molecule has 2 heteroatoms. The van der Waals surface area contributed by atoms with Crippen LogP contribution < -0.4 is 4.90 Å². The molecule has 1 aromatic carbocycles. The summed E-state index contributed by atoms with van der Waals surface area (Å²) in [6.45, 7) is 2.42. The predicted octanol–water partition coefficient (Wildman–Crippen LogP) is 2.76. The number of thiol groups is 1. The summed E-state index contributed by atoms with van der Waals surface area (Å²) in [7, 11) is 0. The summed E-state index contributed by atoms with van der Waals surface area (Å²) in [6, 6.07) is 8.82. The lowest BCUT2D eigenvalue weighted by molar-refractivity contribution is 0.569. The van der Waals surface area contributed by atoms with Crippen LogP contribution in [0.2, 0.25) is 0 Å². The fourth-order valence-electron chi connectivity index (χ4n) is 2.52. The molecule has 0 atom stereocenters. The Morgan fingerprint density at radius 2 is 2.07 bits per heavy atom. The summed E-state index contributed by atoms with van der Waals surface area (Å²) < 4.78 is 0. The molecule has 0 bridgehead atoms. The number of rotatable bonds is 3. The molecule has 0 saturated heterocycles. The van der Waals surface area contributed by atoms with Crippen LogP contribution in [0.4, 0.5) is 5.69 Å². The van der Waals surface area contributed by atoms with Crippen molar-refractivity contribution in [2.24, 2.45) is 5.41 Å². The van der Waals surface area contributed by atoms with Gasteiger partial charge in [0, 0.05) is 18.8 Å². The second-order valence-electron chi connectivity index (χ2n) is 4.96. The summed E-state index contributed by atoms with van der Waals surface area (Å²) in [6.07, 6.45) is 3.96.